The molecule has 0 unspecified atom stereocenters. The number of carbonyl (C=O) groups is 1. The van der Waals surface area contributed by atoms with Crippen LogP contribution >= 0.6 is 0 Å². The molecule has 1 fully saturated rings. The Morgan fingerprint density at radius 2 is 1.66 bits per heavy atom. The number of hydrogen-bond acceptors (Lipinski definition) is 7. The van der Waals surface area contributed by atoms with E-state index in [1.165, 1.54) is 28.6 Å². The van der Waals surface area contributed by atoms with Crippen LogP contribution in [0.2, 0.25) is 0 Å². The molecule has 1 saturated heterocycles. The lowest BCUT2D eigenvalue weighted by Crippen LogP contribution is -2.35. The molecule has 9 nitrogen and oxygen atoms in total. The van der Waals surface area contributed by atoms with Crippen LogP contribution in [-0.2, 0) is 10.0 Å². The number of nitrogens with one attached hydrogen (secondary N) is 1. The van der Waals surface area contributed by atoms with Crippen molar-refractivity contribution in [3.8, 4) is 22.9 Å². The van der Waals surface area contributed by atoms with E-state index in [2.05, 4.69) is 15.5 Å². The van der Waals surface area contributed by atoms with Crippen LogP contribution in [0.4, 0.5) is 0 Å². The number of piperidine rings is 1. The minimum Gasteiger partial charge on any atom is -0.497 e. The van der Waals surface area contributed by atoms with Gasteiger partial charge >= 0.3 is 0 Å². The van der Waals surface area contributed by atoms with Crippen molar-refractivity contribution in [1.29, 1.82) is 0 Å². The highest BCUT2D eigenvalue weighted by molar-refractivity contribution is 7.89. The van der Waals surface area contributed by atoms with E-state index < -0.39 is 10.0 Å². The summed E-state index contributed by atoms with van der Waals surface area (Å²) >= 11 is 0. The summed E-state index contributed by atoms with van der Waals surface area (Å²) in [7, 11) is -1.90. The van der Waals surface area contributed by atoms with E-state index >= 15 is 0 Å². The summed E-state index contributed by atoms with van der Waals surface area (Å²) in [6, 6.07) is 17.0. The fourth-order valence-electron chi connectivity index (χ4n) is 3.77. The van der Waals surface area contributed by atoms with Crippen LogP contribution < -0.4 is 14.8 Å². The number of methoxy groups -OCH3 is 1. The molecule has 0 saturated carbocycles. The maximum atomic E-state index is 12.7. The second-order valence-corrected chi connectivity index (χ2v) is 10.0. The van der Waals surface area contributed by atoms with Crippen LogP contribution in [0.25, 0.3) is 11.3 Å². The minimum atomic E-state index is -3.52. The Balaban J connectivity index is 1.24. The largest absolute Gasteiger partial charge is 0.497 e. The second kappa shape index (κ2) is 11.3. The molecule has 1 aliphatic heterocycles. The molecule has 3 aromatic rings. The monoisotopic (exact) mass is 496 g/mol. The lowest BCUT2D eigenvalue weighted by molar-refractivity contribution is 0.0946. The molecule has 1 N–H and O–H groups in total. The maximum absolute atomic E-state index is 12.7. The number of ether oxygens (including phenoxy) is 2. The first-order valence-electron chi connectivity index (χ1n) is 11.5. The molecule has 184 valence electrons. The molecular formula is C25H28N4O5S. The van der Waals surface area contributed by atoms with E-state index in [9.17, 15) is 13.2 Å². The Morgan fingerprint density at radius 1 is 0.943 bits per heavy atom. The summed E-state index contributed by atoms with van der Waals surface area (Å²) in [5.41, 5.74) is 2.00. The van der Waals surface area contributed by atoms with Crippen molar-refractivity contribution in [2.45, 2.75) is 24.2 Å². The number of aromatic nitrogens is 2. The van der Waals surface area contributed by atoms with E-state index in [1.807, 2.05) is 30.3 Å². The maximum Gasteiger partial charge on any atom is 0.251 e. The van der Waals surface area contributed by atoms with Gasteiger partial charge in [0.25, 0.3) is 5.91 Å². The molecule has 1 aromatic heterocycles. The number of amides is 1. The Hall–Kier alpha value is -3.50. The number of nitrogens with zero attached hydrogens (tertiary/aromatic N) is 3. The summed E-state index contributed by atoms with van der Waals surface area (Å²) in [6.45, 7) is 1.55. The van der Waals surface area contributed by atoms with Gasteiger partial charge < -0.3 is 14.8 Å². The summed E-state index contributed by atoms with van der Waals surface area (Å²) in [5, 5.41) is 11.0. The Bertz CT molecular complexity index is 1220. The number of sulfonamides is 1. The topological polar surface area (TPSA) is 111 Å². The van der Waals surface area contributed by atoms with Gasteiger partial charge in [-0.2, -0.15) is 4.31 Å². The lowest BCUT2D eigenvalue weighted by Gasteiger charge is -2.25. The first-order valence-corrected chi connectivity index (χ1v) is 12.9. The van der Waals surface area contributed by atoms with Crippen LogP contribution in [0.15, 0.2) is 65.6 Å². The number of carbonyl (C=O) groups excluding carboxylic acids is 1. The van der Waals surface area contributed by atoms with Crippen molar-refractivity contribution in [2.75, 3.05) is 33.4 Å². The van der Waals surface area contributed by atoms with Crippen molar-refractivity contribution >= 4 is 15.9 Å². The van der Waals surface area contributed by atoms with Crippen molar-refractivity contribution in [1.82, 2.24) is 19.8 Å². The SMILES string of the molecule is COc1ccc(-c2ccc(OCCNC(=O)c3ccc(S(=O)(=O)N4CCCCC4)cc3)nn2)cc1. The van der Waals surface area contributed by atoms with Gasteiger partial charge in [-0.1, -0.05) is 6.42 Å². The third-order valence-electron chi connectivity index (χ3n) is 5.73. The Morgan fingerprint density at radius 3 is 2.29 bits per heavy atom. The van der Waals surface area contributed by atoms with E-state index in [0.717, 1.165) is 30.6 Å². The van der Waals surface area contributed by atoms with Gasteiger partial charge in [0.05, 0.1) is 24.2 Å². The first kappa shape index (κ1) is 24.6. The lowest BCUT2D eigenvalue weighted by atomic mass is 10.1. The van der Waals surface area contributed by atoms with Gasteiger partial charge in [-0.05, 0) is 67.4 Å². The molecule has 0 spiro atoms. The van der Waals surface area contributed by atoms with E-state index in [1.54, 1.807) is 13.2 Å². The predicted octanol–water partition coefficient (Wildman–Crippen LogP) is 3.14. The highest BCUT2D eigenvalue weighted by Crippen LogP contribution is 2.22. The normalized spacial score (nSPS) is 14.3. The first-order chi connectivity index (χ1) is 17.0. The van der Waals surface area contributed by atoms with Crippen molar-refractivity contribution in [3.05, 3.63) is 66.2 Å². The molecule has 35 heavy (non-hydrogen) atoms. The van der Waals surface area contributed by atoms with Crippen LogP contribution in [-0.4, -0.2) is 62.2 Å². The predicted molar refractivity (Wildman–Crippen MR) is 131 cm³/mol. The highest BCUT2D eigenvalue weighted by Gasteiger charge is 2.25. The molecule has 4 rings (SSSR count). The number of rotatable bonds is 9. The molecule has 1 aliphatic rings. The van der Waals surface area contributed by atoms with Crippen molar-refractivity contribution in [3.63, 3.8) is 0 Å². The van der Waals surface area contributed by atoms with E-state index in [4.69, 9.17) is 9.47 Å². The molecule has 0 aliphatic carbocycles. The molecule has 0 atom stereocenters. The van der Waals surface area contributed by atoms with Gasteiger partial charge in [-0.25, -0.2) is 8.42 Å². The molecule has 0 radical (unpaired) electrons. The van der Waals surface area contributed by atoms with Crippen LogP contribution in [0.5, 0.6) is 11.6 Å². The Kier molecular flexibility index (Phi) is 7.94. The van der Waals surface area contributed by atoms with E-state index in [0.29, 0.717) is 30.2 Å². The van der Waals surface area contributed by atoms with Crippen LogP contribution in [0, 0.1) is 0 Å². The molecule has 2 heterocycles. The second-order valence-electron chi connectivity index (χ2n) is 8.08. The quantitative estimate of drug-likeness (QED) is 0.453. The average molecular weight is 497 g/mol. The van der Waals surface area contributed by atoms with Gasteiger partial charge in [0.2, 0.25) is 15.9 Å². The summed E-state index contributed by atoms with van der Waals surface area (Å²) in [6.07, 6.45) is 2.80. The third kappa shape index (κ3) is 6.14. The average Bonchev–Trinajstić information content (AvgIpc) is 2.92. The van der Waals surface area contributed by atoms with Gasteiger partial charge in [0, 0.05) is 30.3 Å². The molecule has 1 amide bonds. The smallest absolute Gasteiger partial charge is 0.251 e. The number of hydrogen-bond donors (Lipinski definition) is 1. The zero-order valence-corrected chi connectivity index (χ0v) is 20.3. The third-order valence-corrected chi connectivity index (χ3v) is 7.65. The standard InChI is InChI=1S/C25H28N4O5S/c1-33-21-9-5-19(6-10-21)23-13-14-24(28-27-23)34-18-15-26-25(30)20-7-11-22(12-8-20)35(31,32)29-16-3-2-4-17-29/h5-14H,2-4,15-18H2,1H3,(H,26,30). The Labute approximate surface area is 205 Å². The van der Waals surface area contributed by atoms with Gasteiger partial charge in [0.1, 0.15) is 12.4 Å². The minimum absolute atomic E-state index is 0.205. The zero-order valence-electron chi connectivity index (χ0n) is 19.5. The highest BCUT2D eigenvalue weighted by atomic mass is 32.2. The van der Waals surface area contributed by atoms with Gasteiger partial charge in [0.15, 0.2) is 0 Å². The van der Waals surface area contributed by atoms with E-state index in [-0.39, 0.29) is 24.0 Å². The van der Waals surface area contributed by atoms with Crippen molar-refractivity contribution < 1.29 is 22.7 Å². The van der Waals surface area contributed by atoms with Gasteiger partial charge in [-0.3, -0.25) is 4.79 Å². The molecular weight excluding hydrogens is 468 g/mol. The fraction of sp³-hybridized carbons (Fsp3) is 0.320. The molecule has 2 aromatic carbocycles. The fourth-order valence-corrected chi connectivity index (χ4v) is 5.28. The molecule has 10 heteroatoms. The van der Waals surface area contributed by atoms with Crippen LogP contribution in [0.1, 0.15) is 29.6 Å². The van der Waals surface area contributed by atoms with Crippen molar-refractivity contribution in [2.24, 2.45) is 0 Å². The number of benzene rings is 2. The zero-order chi connectivity index (χ0) is 24.7. The summed E-state index contributed by atoms with van der Waals surface area (Å²) in [5.74, 6) is 0.808. The van der Waals surface area contributed by atoms with Crippen LogP contribution in [0.3, 0.4) is 0 Å². The van der Waals surface area contributed by atoms with Gasteiger partial charge in [-0.15, -0.1) is 10.2 Å². The summed E-state index contributed by atoms with van der Waals surface area (Å²) < 4.78 is 37.7. The summed E-state index contributed by atoms with van der Waals surface area (Å²) in [4.78, 5) is 12.6. The molecule has 0 bridgehead atoms.